The number of sulfonamides is 1. The van der Waals surface area contributed by atoms with Gasteiger partial charge in [0.15, 0.2) is 0 Å². The van der Waals surface area contributed by atoms with Crippen LogP contribution < -0.4 is 4.72 Å². The Hall–Kier alpha value is -0.890. The highest BCUT2D eigenvalue weighted by molar-refractivity contribution is 7.89. The normalized spacial score (nSPS) is 11.9. The standard InChI is InChI=1S/C11H20N2O4S/c1-3-13-8-11(7-10(13)9-14)18(15,16)12-5-6-17-4-2/h7-8,12,14H,3-6,9H2,1-2H3. The molecule has 7 heteroatoms. The molecule has 1 aromatic rings. The van der Waals surface area contributed by atoms with Crippen LogP contribution in [0.15, 0.2) is 17.2 Å². The molecular formula is C11H20N2O4S. The molecule has 1 heterocycles. The molecule has 0 amide bonds. The second-order valence-electron chi connectivity index (χ2n) is 3.71. The first-order valence-corrected chi connectivity index (χ1v) is 7.40. The Labute approximate surface area is 108 Å². The number of hydrogen-bond acceptors (Lipinski definition) is 4. The quantitative estimate of drug-likeness (QED) is 0.670. The Kier molecular flexibility index (Phi) is 5.80. The molecule has 0 aliphatic heterocycles. The van der Waals surface area contributed by atoms with E-state index in [-0.39, 0.29) is 18.0 Å². The molecule has 0 radical (unpaired) electrons. The summed E-state index contributed by atoms with van der Waals surface area (Å²) in [4.78, 5) is 0.171. The number of aliphatic hydroxyl groups excluding tert-OH is 1. The first-order valence-electron chi connectivity index (χ1n) is 5.92. The monoisotopic (exact) mass is 276 g/mol. The summed E-state index contributed by atoms with van der Waals surface area (Å²) in [6.45, 7) is 5.32. The van der Waals surface area contributed by atoms with Crippen molar-refractivity contribution in [3.63, 3.8) is 0 Å². The van der Waals surface area contributed by atoms with Gasteiger partial charge in [0.2, 0.25) is 10.0 Å². The predicted octanol–water partition coefficient (Wildman–Crippen LogP) is 0.315. The Morgan fingerprint density at radius 3 is 2.67 bits per heavy atom. The van der Waals surface area contributed by atoms with Crippen molar-refractivity contribution in [2.24, 2.45) is 0 Å². The molecule has 0 atom stereocenters. The van der Waals surface area contributed by atoms with Crippen LogP contribution in [-0.2, 0) is 27.9 Å². The van der Waals surface area contributed by atoms with Crippen molar-refractivity contribution in [1.82, 2.24) is 9.29 Å². The fourth-order valence-electron chi connectivity index (χ4n) is 1.57. The first kappa shape index (κ1) is 15.2. The number of rotatable bonds is 8. The SMILES string of the molecule is CCOCCNS(=O)(=O)c1cc(CO)n(CC)c1. The summed E-state index contributed by atoms with van der Waals surface area (Å²) in [5, 5.41) is 9.12. The molecule has 0 aliphatic carbocycles. The van der Waals surface area contributed by atoms with Crippen LogP contribution in [0.25, 0.3) is 0 Å². The van der Waals surface area contributed by atoms with Gasteiger partial charge in [-0.15, -0.1) is 0 Å². The minimum atomic E-state index is -3.52. The van der Waals surface area contributed by atoms with Gasteiger partial charge in [0.05, 0.1) is 18.1 Å². The summed E-state index contributed by atoms with van der Waals surface area (Å²) in [6.07, 6.45) is 1.52. The average Bonchev–Trinajstić information content (AvgIpc) is 2.78. The molecular weight excluding hydrogens is 256 g/mol. The zero-order valence-electron chi connectivity index (χ0n) is 10.7. The number of nitrogens with zero attached hydrogens (tertiary/aromatic N) is 1. The summed E-state index contributed by atoms with van der Waals surface area (Å²) < 4.78 is 33.1. The third kappa shape index (κ3) is 3.81. The third-order valence-corrected chi connectivity index (χ3v) is 3.94. The van der Waals surface area contributed by atoms with Gasteiger partial charge < -0.3 is 14.4 Å². The summed E-state index contributed by atoms with van der Waals surface area (Å²) in [6, 6.07) is 1.48. The van der Waals surface area contributed by atoms with Gasteiger partial charge in [0.1, 0.15) is 0 Å². The van der Waals surface area contributed by atoms with Gasteiger partial charge in [-0.3, -0.25) is 0 Å². The summed E-state index contributed by atoms with van der Waals surface area (Å²) in [7, 11) is -3.52. The minimum Gasteiger partial charge on any atom is -0.390 e. The lowest BCUT2D eigenvalue weighted by molar-refractivity contribution is 0.153. The van der Waals surface area contributed by atoms with Crippen LogP contribution >= 0.6 is 0 Å². The molecule has 1 aromatic heterocycles. The van der Waals surface area contributed by atoms with Gasteiger partial charge in [-0.25, -0.2) is 13.1 Å². The Morgan fingerprint density at radius 2 is 2.17 bits per heavy atom. The van der Waals surface area contributed by atoms with Gasteiger partial charge in [-0.2, -0.15) is 0 Å². The lowest BCUT2D eigenvalue weighted by atomic mass is 10.4. The van der Waals surface area contributed by atoms with Gasteiger partial charge in [0.25, 0.3) is 0 Å². The largest absolute Gasteiger partial charge is 0.390 e. The third-order valence-electron chi connectivity index (χ3n) is 2.52. The zero-order chi connectivity index (χ0) is 13.6. The predicted molar refractivity (Wildman–Crippen MR) is 67.7 cm³/mol. The molecule has 104 valence electrons. The molecule has 0 saturated carbocycles. The van der Waals surface area contributed by atoms with E-state index in [1.165, 1.54) is 12.3 Å². The molecule has 0 saturated heterocycles. The zero-order valence-corrected chi connectivity index (χ0v) is 11.5. The summed E-state index contributed by atoms with van der Waals surface area (Å²) in [5.74, 6) is 0. The van der Waals surface area contributed by atoms with Crippen LogP contribution in [0.2, 0.25) is 0 Å². The van der Waals surface area contributed by atoms with E-state index in [1.807, 2.05) is 13.8 Å². The lowest BCUT2D eigenvalue weighted by Gasteiger charge is -2.04. The number of nitrogens with one attached hydrogen (secondary N) is 1. The molecule has 0 unspecified atom stereocenters. The van der Waals surface area contributed by atoms with E-state index >= 15 is 0 Å². The van der Waals surface area contributed by atoms with Crippen molar-refractivity contribution in [3.8, 4) is 0 Å². The van der Waals surface area contributed by atoms with Crippen LogP contribution in [0.5, 0.6) is 0 Å². The van der Waals surface area contributed by atoms with E-state index in [9.17, 15) is 8.42 Å². The highest BCUT2D eigenvalue weighted by Crippen LogP contribution is 2.14. The van der Waals surface area contributed by atoms with E-state index in [1.54, 1.807) is 4.57 Å². The molecule has 0 aliphatic rings. The molecule has 6 nitrogen and oxygen atoms in total. The highest BCUT2D eigenvalue weighted by atomic mass is 32.2. The molecule has 0 fully saturated rings. The summed E-state index contributed by atoms with van der Waals surface area (Å²) >= 11 is 0. The van der Waals surface area contributed by atoms with Crippen LogP contribution in [0.3, 0.4) is 0 Å². The maximum absolute atomic E-state index is 11.9. The van der Waals surface area contributed by atoms with Gasteiger partial charge in [-0.1, -0.05) is 0 Å². The van der Waals surface area contributed by atoms with Crippen LogP contribution in [0.4, 0.5) is 0 Å². The second kappa shape index (κ2) is 6.89. The Balaban J connectivity index is 2.75. The fourth-order valence-corrected chi connectivity index (χ4v) is 2.65. The van der Waals surface area contributed by atoms with Crippen molar-refractivity contribution in [2.75, 3.05) is 19.8 Å². The van der Waals surface area contributed by atoms with E-state index in [0.717, 1.165) is 0 Å². The van der Waals surface area contributed by atoms with Crippen molar-refractivity contribution >= 4 is 10.0 Å². The number of aliphatic hydroxyl groups is 1. The number of aryl methyl sites for hydroxylation is 1. The van der Waals surface area contributed by atoms with Crippen LogP contribution in [0.1, 0.15) is 19.5 Å². The van der Waals surface area contributed by atoms with Crippen molar-refractivity contribution < 1.29 is 18.3 Å². The first-order chi connectivity index (χ1) is 8.55. The maximum atomic E-state index is 11.9. The summed E-state index contributed by atoms with van der Waals surface area (Å²) in [5.41, 5.74) is 0.586. The van der Waals surface area contributed by atoms with Crippen molar-refractivity contribution in [1.29, 1.82) is 0 Å². The smallest absolute Gasteiger partial charge is 0.242 e. The molecule has 18 heavy (non-hydrogen) atoms. The molecule has 0 aromatic carbocycles. The van der Waals surface area contributed by atoms with Gasteiger partial charge in [0, 0.05) is 31.6 Å². The van der Waals surface area contributed by atoms with Gasteiger partial charge >= 0.3 is 0 Å². The van der Waals surface area contributed by atoms with Crippen LogP contribution in [0, 0.1) is 0 Å². The van der Waals surface area contributed by atoms with E-state index in [0.29, 0.717) is 25.5 Å². The molecule has 1 rings (SSSR count). The Bertz CT molecular complexity index is 446. The lowest BCUT2D eigenvalue weighted by Crippen LogP contribution is -2.27. The number of aromatic nitrogens is 1. The van der Waals surface area contributed by atoms with E-state index in [4.69, 9.17) is 9.84 Å². The maximum Gasteiger partial charge on any atom is 0.242 e. The average molecular weight is 276 g/mol. The Morgan fingerprint density at radius 1 is 1.44 bits per heavy atom. The molecule has 0 spiro atoms. The highest BCUT2D eigenvalue weighted by Gasteiger charge is 2.17. The molecule has 2 N–H and O–H groups in total. The van der Waals surface area contributed by atoms with Crippen molar-refractivity contribution in [2.45, 2.75) is 31.9 Å². The number of ether oxygens (including phenoxy) is 1. The van der Waals surface area contributed by atoms with E-state index in [2.05, 4.69) is 4.72 Å². The van der Waals surface area contributed by atoms with Crippen molar-refractivity contribution in [3.05, 3.63) is 18.0 Å². The van der Waals surface area contributed by atoms with E-state index < -0.39 is 10.0 Å². The minimum absolute atomic E-state index is 0.171. The molecule has 0 bridgehead atoms. The van der Waals surface area contributed by atoms with Gasteiger partial charge in [-0.05, 0) is 19.9 Å². The second-order valence-corrected chi connectivity index (χ2v) is 5.47. The topological polar surface area (TPSA) is 80.6 Å². The fraction of sp³-hybridized carbons (Fsp3) is 0.636. The van der Waals surface area contributed by atoms with Crippen LogP contribution in [-0.4, -0.2) is 37.8 Å². The number of hydrogen-bond donors (Lipinski definition) is 2.